The number of para-hydroxylation sites is 1. The zero-order valence-corrected chi connectivity index (χ0v) is 18.2. The highest BCUT2D eigenvalue weighted by Gasteiger charge is 2.32. The minimum Gasteiger partial charge on any atom is -0.507 e. The van der Waals surface area contributed by atoms with Gasteiger partial charge in [0, 0.05) is 37.4 Å². The summed E-state index contributed by atoms with van der Waals surface area (Å²) in [4.78, 5) is 18.3. The molecule has 0 amide bonds. The number of furan rings is 1. The van der Waals surface area contributed by atoms with E-state index in [4.69, 9.17) is 9.15 Å². The molecular formula is C24H29N3O4. The molecule has 4 rings (SSSR count). The number of methoxy groups -OCH3 is 1. The summed E-state index contributed by atoms with van der Waals surface area (Å²) in [7, 11) is 3.72. The van der Waals surface area contributed by atoms with Crippen LogP contribution >= 0.6 is 0 Å². The zero-order valence-electron chi connectivity index (χ0n) is 18.2. The summed E-state index contributed by atoms with van der Waals surface area (Å²) in [6, 6.07) is 12.6. The van der Waals surface area contributed by atoms with E-state index in [0.29, 0.717) is 29.3 Å². The SMILES string of the molecule is COc1ccccc1C(c1c(O)cc(C)n(Cc2ccco2)c1=O)N1CCN(C)CC1. The molecule has 164 valence electrons. The molecule has 0 bridgehead atoms. The average Bonchev–Trinajstić information content (AvgIpc) is 3.28. The summed E-state index contributed by atoms with van der Waals surface area (Å²) in [6.45, 7) is 5.47. The van der Waals surface area contributed by atoms with Crippen LogP contribution in [0.1, 0.15) is 28.6 Å². The van der Waals surface area contributed by atoms with Crippen LogP contribution in [0, 0.1) is 6.92 Å². The molecule has 1 N–H and O–H groups in total. The molecule has 1 unspecified atom stereocenters. The van der Waals surface area contributed by atoms with E-state index in [1.54, 1.807) is 30.1 Å². The Morgan fingerprint density at radius 2 is 1.87 bits per heavy atom. The lowest BCUT2D eigenvalue weighted by Crippen LogP contribution is -2.47. The summed E-state index contributed by atoms with van der Waals surface area (Å²) in [5.74, 6) is 1.40. The molecule has 1 atom stereocenters. The molecule has 7 nitrogen and oxygen atoms in total. The number of likely N-dealkylation sites (N-methyl/N-ethyl adjacent to an activating group) is 1. The van der Waals surface area contributed by atoms with Crippen molar-refractivity contribution in [2.75, 3.05) is 40.3 Å². The third-order valence-electron chi connectivity index (χ3n) is 6.03. The lowest BCUT2D eigenvalue weighted by molar-refractivity contribution is 0.124. The van der Waals surface area contributed by atoms with Crippen molar-refractivity contribution < 1.29 is 14.3 Å². The summed E-state index contributed by atoms with van der Waals surface area (Å²) >= 11 is 0. The third-order valence-corrected chi connectivity index (χ3v) is 6.03. The number of aryl methyl sites for hydroxylation is 1. The van der Waals surface area contributed by atoms with Crippen molar-refractivity contribution in [3.63, 3.8) is 0 Å². The number of rotatable bonds is 6. The first-order valence-electron chi connectivity index (χ1n) is 10.5. The van der Waals surface area contributed by atoms with E-state index >= 15 is 0 Å². The molecule has 0 spiro atoms. The van der Waals surface area contributed by atoms with Crippen molar-refractivity contribution in [2.24, 2.45) is 0 Å². The second-order valence-corrected chi connectivity index (χ2v) is 8.04. The molecule has 0 radical (unpaired) electrons. The number of nitrogens with zero attached hydrogens (tertiary/aromatic N) is 3. The summed E-state index contributed by atoms with van der Waals surface area (Å²) in [6.07, 6.45) is 1.60. The van der Waals surface area contributed by atoms with Gasteiger partial charge in [-0.25, -0.2) is 0 Å². The summed E-state index contributed by atoms with van der Waals surface area (Å²) in [5.41, 5.74) is 1.70. The van der Waals surface area contributed by atoms with Crippen LogP contribution in [0.5, 0.6) is 11.5 Å². The number of ether oxygens (including phenoxy) is 1. The van der Waals surface area contributed by atoms with Gasteiger partial charge < -0.3 is 23.7 Å². The van der Waals surface area contributed by atoms with Crippen molar-refractivity contribution >= 4 is 0 Å². The van der Waals surface area contributed by atoms with Gasteiger partial charge in [0.1, 0.15) is 17.3 Å². The Morgan fingerprint density at radius 1 is 1.13 bits per heavy atom. The summed E-state index contributed by atoms with van der Waals surface area (Å²) in [5, 5.41) is 11.0. The second-order valence-electron chi connectivity index (χ2n) is 8.04. The second kappa shape index (κ2) is 8.99. The number of benzene rings is 1. The normalized spacial score (nSPS) is 16.4. The first kappa shape index (κ1) is 21.2. The Bertz CT molecular complexity index is 1080. The number of hydrogen-bond donors (Lipinski definition) is 1. The monoisotopic (exact) mass is 423 g/mol. The first-order chi connectivity index (χ1) is 15.0. The minimum atomic E-state index is -0.416. The van der Waals surface area contributed by atoms with Crippen LogP contribution in [-0.2, 0) is 6.54 Å². The number of pyridine rings is 1. The molecule has 0 saturated carbocycles. The zero-order chi connectivity index (χ0) is 22.0. The van der Waals surface area contributed by atoms with Gasteiger partial charge in [0.25, 0.3) is 5.56 Å². The molecule has 1 saturated heterocycles. The van der Waals surface area contributed by atoms with Crippen molar-refractivity contribution in [3.8, 4) is 11.5 Å². The van der Waals surface area contributed by atoms with Gasteiger partial charge in [0.15, 0.2) is 0 Å². The average molecular weight is 424 g/mol. The van der Waals surface area contributed by atoms with Crippen molar-refractivity contribution in [3.05, 3.63) is 81.7 Å². The van der Waals surface area contributed by atoms with Crippen LogP contribution in [0.15, 0.2) is 57.9 Å². The predicted octanol–water partition coefficient (Wildman–Crippen LogP) is 2.85. The molecule has 3 heterocycles. The topological polar surface area (TPSA) is 71.1 Å². The maximum Gasteiger partial charge on any atom is 0.260 e. The van der Waals surface area contributed by atoms with E-state index in [0.717, 1.165) is 31.7 Å². The molecule has 3 aromatic rings. The number of aromatic nitrogens is 1. The van der Waals surface area contributed by atoms with Gasteiger partial charge in [-0.3, -0.25) is 9.69 Å². The van der Waals surface area contributed by atoms with Crippen LogP contribution in [0.25, 0.3) is 0 Å². The third kappa shape index (κ3) is 4.24. The Hall–Kier alpha value is -3.03. The van der Waals surface area contributed by atoms with Crippen LogP contribution in [-0.4, -0.2) is 59.8 Å². The fourth-order valence-corrected chi connectivity index (χ4v) is 4.29. The van der Waals surface area contributed by atoms with Gasteiger partial charge >= 0.3 is 0 Å². The van der Waals surface area contributed by atoms with Crippen molar-refractivity contribution in [1.82, 2.24) is 14.4 Å². The molecule has 1 aromatic carbocycles. The molecule has 7 heteroatoms. The largest absolute Gasteiger partial charge is 0.507 e. The van der Waals surface area contributed by atoms with Gasteiger partial charge in [-0.1, -0.05) is 18.2 Å². The van der Waals surface area contributed by atoms with E-state index < -0.39 is 6.04 Å². The van der Waals surface area contributed by atoms with E-state index in [-0.39, 0.29) is 11.3 Å². The molecular weight excluding hydrogens is 394 g/mol. The number of piperazine rings is 1. The minimum absolute atomic E-state index is 0.00743. The predicted molar refractivity (Wildman–Crippen MR) is 119 cm³/mol. The van der Waals surface area contributed by atoms with Gasteiger partial charge in [0.05, 0.1) is 31.5 Å². The smallest absolute Gasteiger partial charge is 0.260 e. The molecule has 1 aliphatic heterocycles. The van der Waals surface area contributed by atoms with Crippen LogP contribution in [0.3, 0.4) is 0 Å². The maximum atomic E-state index is 13.7. The fourth-order valence-electron chi connectivity index (χ4n) is 4.29. The van der Waals surface area contributed by atoms with E-state index in [1.807, 2.05) is 37.3 Å². The fraction of sp³-hybridized carbons (Fsp3) is 0.375. The van der Waals surface area contributed by atoms with E-state index in [9.17, 15) is 9.90 Å². The number of hydrogen-bond acceptors (Lipinski definition) is 6. The molecule has 1 aliphatic rings. The Labute approximate surface area is 182 Å². The van der Waals surface area contributed by atoms with Crippen molar-refractivity contribution in [1.29, 1.82) is 0 Å². The first-order valence-corrected chi connectivity index (χ1v) is 10.5. The van der Waals surface area contributed by atoms with Gasteiger partial charge in [-0.2, -0.15) is 0 Å². The Morgan fingerprint density at radius 3 is 2.55 bits per heavy atom. The van der Waals surface area contributed by atoms with E-state index in [2.05, 4.69) is 16.8 Å². The molecule has 2 aromatic heterocycles. The van der Waals surface area contributed by atoms with E-state index in [1.165, 1.54) is 0 Å². The van der Waals surface area contributed by atoms with Crippen LogP contribution in [0.4, 0.5) is 0 Å². The molecule has 31 heavy (non-hydrogen) atoms. The standard InChI is InChI=1S/C24H29N3O4/c1-17-15-20(28)22(24(29)27(17)16-18-7-6-14-31-18)23(26-12-10-25(2)11-13-26)19-8-4-5-9-21(19)30-3/h4-9,14-15,23,28H,10-13,16H2,1-3H3. The van der Waals surface area contributed by atoms with Crippen molar-refractivity contribution in [2.45, 2.75) is 19.5 Å². The highest BCUT2D eigenvalue weighted by atomic mass is 16.5. The number of aromatic hydroxyl groups is 1. The Kier molecular flexibility index (Phi) is 6.15. The molecule has 0 aliphatic carbocycles. The van der Waals surface area contributed by atoms with Crippen LogP contribution < -0.4 is 10.3 Å². The highest BCUT2D eigenvalue weighted by Crippen LogP contribution is 2.37. The maximum absolute atomic E-state index is 13.7. The summed E-state index contributed by atoms with van der Waals surface area (Å²) < 4.78 is 12.8. The van der Waals surface area contributed by atoms with Gasteiger partial charge in [-0.05, 0) is 38.2 Å². The van der Waals surface area contributed by atoms with Gasteiger partial charge in [-0.15, -0.1) is 0 Å². The molecule has 1 fully saturated rings. The van der Waals surface area contributed by atoms with Gasteiger partial charge in [0.2, 0.25) is 0 Å². The lowest BCUT2D eigenvalue weighted by Gasteiger charge is -2.38. The Balaban J connectivity index is 1.87. The van der Waals surface area contributed by atoms with Crippen LogP contribution in [0.2, 0.25) is 0 Å². The lowest BCUT2D eigenvalue weighted by atomic mass is 9.95. The highest BCUT2D eigenvalue weighted by molar-refractivity contribution is 5.46. The quantitative estimate of drug-likeness (QED) is 0.658.